The normalized spacial score (nSPS) is 14.5. The van der Waals surface area contributed by atoms with E-state index in [1.165, 1.54) is 34.7 Å². The van der Waals surface area contributed by atoms with Gasteiger partial charge in [-0.05, 0) is 37.6 Å². The molecule has 0 aliphatic carbocycles. The molecule has 1 aromatic carbocycles. The van der Waals surface area contributed by atoms with Crippen LogP contribution in [0, 0.1) is 0 Å². The second-order valence-corrected chi connectivity index (χ2v) is 5.03. The van der Waals surface area contributed by atoms with Crippen molar-refractivity contribution in [1.82, 2.24) is 4.90 Å². The Balaban J connectivity index is 2.21. The van der Waals surface area contributed by atoms with Crippen LogP contribution in [0.4, 0.5) is 10.5 Å². The second-order valence-electron chi connectivity index (χ2n) is 5.03. The molecule has 0 bridgehead atoms. The van der Waals surface area contributed by atoms with Gasteiger partial charge >= 0.3 is 12.0 Å². The number of carboxylic acid groups (broad SMARTS) is 1. The van der Waals surface area contributed by atoms with Gasteiger partial charge < -0.3 is 15.1 Å². The highest BCUT2D eigenvalue weighted by molar-refractivity contribution is 5.96. The molecule has 1 aromatic rings. The summed E-state index contributed by atoms with van der Waals surface area (Å²) in [6, 6.07) is 5.57. The molecule has 6 heteroatoms. The summed E-state index contributed by atoms with van der Waals surface area (Å²) in [6.07, 6.45) is 2.76. The number of anilines is 1. The van der Waals surface area contributed by atoms with Crippen LogP contribution < -0.4 is 4.90 Å². The van der Waals surface area contributed by atoms with Gasteiger partial charge in [0.1, 0.15) is 12.3 Å². The van der Waals surface area contributed by atoms with Crippen LogP contribution in [0.25, 0.3) is 0 Å². The van der Waals surface area contributed by atoms with Crippen molar-refractivity contribution in [2.24, 2.45) is 0 Å². The predicted octanol–water partition coefficient (Wildman–Crippen LogP) is 2.06. The minimum Gasteiger partial charge on any atom is -0.508 e. The van der Waals surface area contributed by atoms with E-state index in [9.17, 15) is 14.7 Å². The number of carbonyl (C=O) groups excluding carboxylic acids is 1. The van der Waals surface area contributed by atoms with Crippen molar-refractivity contribution in [1.29, 1.82) is 0 Å². The van der Waals surface area contributed by atoms with Crippen LogP contribution in [0.3, 0.4) is 0 Å². The second kappa shape index (κ2) is 6.30. The Labute approximate surface area is 122 Å². The van der Waals surface area contributed by atoms with Crippen molar-refractivity contribution >= 4 is 17.7 Å². The zero-order valence-corrected chi connectivity index (χ0v) is 11.8. The van der Waals surface area contributed by atoms with Crippen molar-refractivity contribution in [3.63, 3.8) is 0 Å². The first kappa shape index (κ1) is 14.9. The maximum atomic E-state index is 12.5. The van der Waals surface area contributed by atoms with Crippen LogP contribution in [0.15, 0.2) is 35.9 Å². The van der Waals surface area contributed by atoms with E-state index >= 15 is 0 Å². The molecule has 2 rings (SSSR count). The van der Waals surface area contributed by atoms with Gasteiger partial charge in [0.2, 0.25) is 0 Å². The van der Waals surface area contributed by atoms with Gasteiger partial charge in [0, 0.05) is 18.8 Å². The molecule has 6 nitrogen and oxygen atoms in total. The smallest absolute Gasteiger partial charge is 0.325 e. The minimum atomic E-state index is -1.08. The van der Waals surface area contributed by atoms with Gasteiger partial charge in [-0.3, -0.25) is 9.69 Å². The molecule has 1 aliphatic rings. The lowest BCUT2D eigenvalue weighted by Gasteiger charge is -2.31. The van der Waals surface area contributed by atoms with Crippen LogP contribution in [-0.4, -0.2) is 46.7 Å². The number of urea groups is 1. The van der Waals surface area contributed by atoms with Crippen LogP contribution in [0.2, 0.25) is 0 Å². The van der Waals surface area contributed by atoms with Gasteiger partial charge in [-0.2, -0.15) is 0 Å². The average molecular weight is 290 g/mol. The molecule has 1 aliphatic heterocycles. The van der Waals surface area contributed by atoms with E-state index in [0.717, 1.165) is 6.42 Å². The molecule has 0 saturated carbocycles. The lowest BCUT2D eigenvalue weighted by Crippen LogP contribution is -2.47. The molecule has 0 saturated heterocycles. The molecule has 0 aromatic heterocycles. The van der Waals surface area contributed by atoms with Crippen molar-refractivity contribution < 1.29 is 19.8 Å². The van der Waals surface area contributed by atoms with E-state index in [1.807, 2.05) is 13.0 Å². The Morgan fingerprint density at radius 1 is 1.29 bits per heavy atom. The summed E-state index contributed by atoms with van der Waals surface area (Å²) in [7, 11) is 0. The van der Waals surface area contributed by atoms with Crippen LogP contribution in [0.5, 0.6) is 5.75 Å². The van der Waals surface area contributed by atoms with E-state index in [-0.39, 0.29) is 11.8 Å². The first-order valence-electron chi connectivity index (χ1n) is 6.70. The SMILES string of the molecule is CC1=CCN(C(=O)N(CC(=O)O)c2ccc(O)cc2)CC1. The molecule has 112 valence electrons. The predicted molar refractivity (Wildman–Crippen MR) is 78.4 cm³/mol. The highest BCUT2D eigenvalue weighted by atomic mass is 16.4. The number of rotatable bonds is 3. The van der Waals surface area contributed by atoms with Gasteiger partial charge in [-0.1, -0.05) is 11.6 Å². The Kier molecular flexibility index (Phi) is 4.47. The summed E-state index contributed by atoms with van der Waals surface area (Å²) < 4.78 is 0. The number of aromatic hydroxyl groups is 1. The molecular formula is C15H18N2O4. The van der Waals surface area contributed by atoms with E-state index < -0.39 is 12.5 Å². The first-order valence-corrected chi connectivity index (χ1v) is 6.70. The van der Waals surface area contributed by atoms with Crippen molar-refractivity contribution in [2.45, 2.75) is 13.3 Å². The van der Waals surface area contributed by atoms with Crippen LogP contribution >= 0.6 is 0 Å². The van der Waals surface area contributed by atoms with Crippen molar-refractivity contribution in [2.75, 3.05) is 24.5 Å². The van der Waals surface area contributed by atoms with Gasteiger partial charge in [0.15, 0.2) is 0 Å². The summed E-state index contributed by atoms with van der Waals surface area (Å²) in [5.74, 6) is -1.02. The van der Waals surface area contributed by atoms with E-state index in [4.69, 9.17) is 5.11 Å². The maximum absolute atomic E-state index is 12.5. The third-order valence-corrected chi connectivity index (χ3v) is 3.39. The molecule has 2 N–H and O–H groups in total. The lowest BCUT2D eigenvalue weighted by molar-refractivity contribution is -0.135. The summed E-state index contributed by atoms with van der Waals surface area (Å²) in [6.45, 7) is 2.66. The number of benzene rings is 1. The number of nitrogens with zero attached hydrogens (tertiary/aromatic N) is 2. The van der Waals surface area contributed by atoms with E-state index in [2.05, 4.69) is 0 Å². The molecule has 0 spiro atoms. The highest BCUT2D eigenvalue weighted by Gasteiger charge is 2.25. The van der Waals surface area contributed by atoms with Gasteiger partial charge in [-0.15, -0.1) is 0 Å². The molecule has 0 radical (unpaired) electrons. The summed E-state index contributed by atoms with van der Waals surface area (Å²) in [5.41, 5.74) is 1.68. The summed E-state index contributed by atoms with van der Waals surface area (Å²) in [5, 5.41) is 18.3. The fraction of sp³-hybridized carbons (Fsp3) is 0.333. The number of phenolic OH excluding ortho intramolecular Hbond substituents is 1. The monoisotopic (exact) mass is 290 g/mol. The molecule has 0 unspecified atom stereocenters. The Hall–Kier alpha value is -2.50. The van der Waals surface area contributed by atoms with Gasteiger partial charge in [-0.25, -0.2) is 4.79 Å². The fourth-order valence-electron chi connectivity index (χ4n) is 2.15. The Morgan fingerprint density at radius 2 is 1.95 bits per heavy atom. The average Bonchev–Trinajstić information content (AvgIpc) is 2.46. The number of amides is 2. The largest absolute Gasteiger partial charge is 0.508 e. The molecule has 1 heterocycles. The van der Waals surface area contributed by atoms with E-state index in [1.54, 1.807) is 4.90 Å². The minimum absolute atomic E-state index is 0.0676. The van der Waals surface area contributed by atoms with E-state index in [0.29, 0.717) is 18.8 Å². The zero-order chi connectivity index (χ0) is 15.4. The molecular weight excluding hydrogens is 272 g/mol. The lowest BCUT2D eigenvalue weighted by atomic mass is 10.1. The maximum Gasteiger partial charge on any atom is 0.325 e. The third kappa shape index (κ3) is 3.75. The summed E-state index contributed by atoms with van der Waals surface area (Å²) in [4.78, 5) is 26.4. The number of aliphatic carboxylic acids is 1. The topological polar surface area (TPSA) is 81.1 Å². The molecule has 0 atom stereocenters. The van der Waals surface area contributed by atoms with Gasteiger partial charge in [0.25, 0.3) is 0 Å². The highest BCUT2D eigenvalue weighted by Crippen LogP contribution is 2.21. The van der Waals surface area contributed by atoms with Gasteiger partial charge in [0.05, 0.1) is 0 Å². The number of phenols is 1. The Morgan fingerprint density at radius 3 is 2.48 bits per heavy atom. The molecule has 2 amide bonds. The first-order chi connectivity index (χ1) is 9.97. The third-order valence-electron chi connectivity index (χ3n) is 3.39. The summed E-state index contributed by atoms with van der Waals surface area (Å²) >= 11 is 0. The number of carbonyl (C=O) groups is 2. The fourth-order valence-corrected chi connectivity index (χ4v) is 2.15. The number of hydrogen-bond donors (Lipinski definition) is 2. The molecule has 0 fully saturated rings. The Bertz CT molecular complexity index is 566. The standard InChI is InChI=1S/C15H18N2O4/c1-11-6-8-16(9-7-11)15(21)17(10-14(19)20)12-2-4-13(18)5-3-12/h2-6,18H,7-10H2,1H3,(H,19,20). The zero-order valence-electron chi connectivity index (χ0n) is 11.8. The van der Waals surface area contributed by atoms with Crippen molar-refractivity contribution in [3.8, 4) is 5.75 Å². The number of hydrogen-bond acceptors (Lipinski definition) is 3. The number of carboxylic acids is 1. The quantitative estimate of drug-likeness (QED) is 0.835. The van der Waals surface area contributed by atoms with Crippen molar-refractivity contribution in [3.05, 3.63) is 35.9 Å². The van der Waals surface area contributed by atoms with Crippen LogP contribution in [0.1, 0.15) is 13.3 Å². The molecule has 21 heavy (non-hydrogen) atoms. The van der Waals surface area contributed by atoms with Crippen LogP contribution in [-0.2, 0) is 4.79 Å².